The molecule has 1 saturated heterocycles. The molecule has 3 rings (SSSR count). The van der Waals surface area contributed by atoms with Crippen LogP contribution in [0.2, 0.25) is 0 Å². The molecular weight excluding hydrogens is 342 g/mol. The molecule has 1 N–H and O–H groups in total. The highest BCUT2D eigenvalue weighted by molar-refractivity contribution is 5.85. The molecule has 1 aromatic heterocycles. The molecule has 0 unspecified atom stereocenters. The lowest BCUT2D eigenvalue weighted by molar-refractivity contribution is -0.142. The van der Waals surface area contributed by atoms with Crippen molar-refractivity contribution < 1.29 is 9.53 Å². The van der Waals surface area contributed by atoms with Gasteiger partial charge in [-0.1, -0.05) is 30.3 Å². The zero-order valence-corrected chi connectivity index (χ0v) is 14.3. The monoisotopic (exact) mass is 359 g/mol. The van der Waals surface area contributed by atoms with Crippen LogP contribution in [0.1, 0.15) is 5.56 Å². The van der Waals surface area contributed by atoms with Crippen molar-refractivity contribution in [2.75, 3.05) is 38.2 Å². The van der Waals surface area contributed by atoms with Gasteiger partial charge in [0.05, 0.1) is 17.9 Å². The Balaban J connectivity index is 0.00000225. The highest BCUT2D eigenvalue weighted by Crippen LogP contribution is 2.20. The number of hydrogen-bond acceptors (Lipinski definition) is 6. The maximum atomic E-state index is 11.7. The molecule has 0 radical (unpaired) electrons. The predicted octanol–water partition coefficient (Wildman–Crippen LogP) is 1.71. The lowest BCUT2D eigenvalue weighted by Crippen LogP contribution is -2.43. The van der Waals surface area contributed by atoms with Crippen LogP contribution in [0.4, 0.5) is 5.82 Å². The third-order valence-electron chi connectivity index (χ3n) is 3.74. The van der Waals surface area contributed by atoms with E-state index in [2.05, 4.69) is 21.6 Å². The lowest BCUT2D eigenvalue weighted by atomic mass is 10.1. The number of anilines is 1. The van der Waals surface area contributed by atoms with E-state index in [0.29, 0.717) is 43.3 Å². The predicted molar refractivity (Wildman–Crippen MR) is 95.3 cm³/mol. The minimum absolute atomic E-state index is 0. The molecular formula is C17H18ClN5O2. The zero-order valence-electron chi connectivity index (χ0n) is 13.5. The molecule has 1 aromatic carbocycles. The number of halogens is 1. The Morgan fingerprint density at radius 2 is 2.08 bits per heavy atom. The van der Waals surface area contributed by atoms with Crippen molar-refractivity contribution in [3.63, 3.8) is 0 Å². The van der Waals surface area contributed by atoms with E-state index in [0.717, 1.165) is 5.56 Å². The van der Waals surface area contributed by atoms with E-state index in [1.165, 1.54) is 0 Å². The molecule has 0 saturated carbocycles. The maximum absolute atomic E-state index is 11.7. The minimum Gasteiger partial charge on any atom is -0.370 e. The van der Waals surface area contributed by atoms with Crippen LogP contribution >= 0.6 is 12.4 Å². The number of nitrogens with zero attached hydrogens (tertiary/aromatic N) is 4. The summed E-state index contributed by atoms with van der Waals surface area (Å²) in [6.45, 7) is 2.31. The molecule has 130 valence electrons. The van der Waals surface area contributed by atoms with Crippen LogP contribution in [0, 0.1) is 11.3 Å². The van der Waals surface area contributed by atoms with Gasteiger partial charge >= 0.3 is 0 Å². The number of ether oxygens (including phenoxy) is 1. The Morgan fingerprint density at radius 3 is 2.80 bits per heavy atom. The van der Waals surface area contributed by atoms with Crippen molar-refractivity contribution >= 4 is 24.1 Å². The van der Waals surface area contributed by atoms with Gasteiger partial charge in [0.2, 0.25) is 5.91 Å². The summed E-state index contributed by atoms with van der Waals surface area (Å²) in [5, 5.41) is 20.7. The summed E-state index contributed by atoms with van der Waals surface area (Å²) < 4.78 is 5.09. The fourth-order valence-electron chi connectivity index (χ4n) is 2.45. The van der Waals surface area contributed by atoms with Crippen molar-refractivity contribution in [1.29, 1.82) is 5.26 Å². The molecule has 0 bridgehead atoms. The lowest BCUT2D eigenvalue weighted by Gasteiger charge is -2.26. The summed E-state index contributed by atoms with van der Waals surface area (Å²) in [6, 6.07) is 13.4. The fourth-order valence-corrected chi connectivity index (χ4v) is 2.45. The molecule has 1 amide bonds. The van der Waals surface area contributed by atoms with Gasteiger partial charge in [0.1, 0.15) is 12.7 Å². The molecule has 25 heavy (non-hydrogen) atoms. The van der Waals surface area contributed by atoms with Gasteiger partial charge in [-0.3, -0.25) is 4.79 Å². The van der Waals surface area contributed by atoms with Gasteiger partial charge in [-0.2, -0.15) is 5.26 Å². The summed E-state index contributed by atoms with van der Waals surface area (Å²) in [6.07, 6.45) is 0. The number of nitriles is 1. The fraction of sp³-hybridized carbons (Fsp3) is 0.294. The number of nitrogens with one attached hydrogen (secondary N) is 1. The van der Waals surface area contributed by atoms with Gasteiger partial charge in [-0.15, -0.1) is 22.6 Å². The summed E-state index contributed by atoms with van der Waals surface area (Å²) in [4.78, 5) is 13.4. The number of benzene rings is 1. The maximum Gasteiger partial charge on any atom is 0.248 e. The molecule has 2 aromatic rings. The second-order valence-electron chi connectivity index (χ2n) is 5.33. The highest BCUT2D eigenvalue weighted by Gasteiger charge is 2.18. The molecule has 7 nitrogen and oxygen atoms in total. The summed E-state index contributed by atoms with van der Waals surface area (Å²) in [5.74, 6) is 0.409. The number of morpholine rings is 1. The number of carbonyl (C=O) groups excluding carboxylic acids is 1. The van der Waals surface area contributed by atoms with E-state index >= 15 is 0 Å². The largest absolute Gasteiger partial charge is 0.370 e. The van der Waals surface area contributed by atoms with Crippen LogP contribution < -0.4 is 5.32 Å². The van der Waals surface area contributed by atoms with E-state index in [1.807, 2.05) is 30.3 Å². The van der Waals surface area contributed by atoms with E-state index in [4.69, 9.17) is 4.74 Å². The molecule has 1 aliphatic rings. The number of aromatic nitrogens is 2. The average Bonchev–Trinajstić information content (AvgIpc) is 2.64. The average molecular weight is 360 g/mol. The Kier molecular flexibility index (Phi) is 6.69. The first-order valence-electron chi connectivity index (χ1n) is 7.70. The van der Waals surface area contributed by atoms with Gasteiger partial charge in [0, 0.05) is 25.2 Å². The van der Waals surface area contributed by atoms with Crippen LogP contribution in [-0.2, 0) is 9.53 Å². The van der Waals surface area contributed by atoms with Gasteiger partial charge in [-0.05, 0) is 6.07 Å². The number of carbonyl (C=O) groups is 1. The first kappa shape index (κ1) is 18.6. The smallest absolute Gasteiger partial charge is 0.248 e. The molecule has 0 atom stereocenters. The Bertz CT molecular complexity index is 763. The molecule has 0 aliphatic carbocycles. The van der Waals surface area contributed by atoms with Crippen LogP contribution in [0.25, 0.3) is 11.3 Å². The quantitative estimate of drug-likeness (QED) is 0.873. The van der Waals surface area contributed by atoms with Crippen molar-refractivity contribution in [2.45, 2.75) is 0 Å². The van der Waals surface area contributed by atoms with Gasteiger partial charge in [0.25, 0.3) is 0 Å². The second kappa shape index (κ2) is 8.97. The Hall–Kier alpha value is -2.69. The standard InChI is InChI=1S/C17H17N5O2.ClH/c18-11-14-10-15(13-4-2-1-3-5-13)20-21-17(14)19-6-7-22-8-9-24-12-16(22)23;/h1-5,10H,6-9,12H2,(H,19,21);1H. The summed E-state index contributed by atoms with van der Waals surface area (Å²) in [7, 11) is 0. The number of hydrogen-bond donors (Lipinski definition) is 1. The van der Waals surface area contributed by atoms with E-state index in [1.54, 1.807) is 11.0 Å². The van der Waals surface area contributed by atoms with Crippen LogP contribution in [0.5, 0.6) is 0 Å². The minimum atomic E-state index is -0.0194. The SMILES string of the molecule is Cl.N#Cc1cc(-c2ccccc2)nnc1NCCN1CCOCC1=O. The van der Waals surface area contributed by atoms with E-state index in [-0.39, 0.29) is 24.9 Å². The third-order valence-corrected chi connectivity index (χ3v) is 3.74. The van der Waals surface area contributed by atoms with E-state index < -0.39 is 0 Å². The molecule has 2 heterocycles. The van der Waals surface area contributed by atoms with Crippen molar-refractivity contribution in [3.05, 3.63) is 42.0 Å². The zero-order chi connectivity index (χ0) is 16.8. The van der Waals surface area contributed by atoms with Crippen molar-refractivity contribution in [2.24, 2.45) is 0 Å². The molecule has 0 spiro atoms. The van der Waals surface area contributed by atoms with Crippen LogP contribution in [0.15, 0.2) is 36.4 Å². The van der Waals surface area contributed by atoms with Crippen LogP contribution in [0.3, 0.4) is 0 Å². The topological polar surface area (TPSA) is 91.1 Å². The van der Waals surface area contributed by atoms with Crippen molar-refractivity contribution in [3.8, 4) is 17.3 Å². The highest BCUT2D eigenvalue weighted by atomic mass is 35.5. The van der Waals surface area contributed by atoms with E-state index in [9.17, 15) is 10.1 Å². The summed E-state index contributed by atoms with van der Waals surface area (Å²) >= 11 is 0. The van der Waals surface area contributed by atoms with Gasteiger partial charge in [-0.25, -0.2) is 0 Å². The third kappa shape index (κ3) is 4.66. The Morgan fingerprint density at radius 1 is 1.28 bits per heavy atom. The van der Waals surface area contributed by atoms with Crippen LogP contribution in [-0.4, -0.2) is 53.9 Å². The Labute approximate surface area is 152 Å². The van der Waals surface area contributed by atoms with Gasteiger partial charge in [0.15, 0.2) is 5.82 Å². The molecule has 1 fully saturated rings. The number of rotatable bonds is 5. The number of amides is 1. The molecule has 1 aliphatic heterocycles. The summed E-state index contributed by atoms with van der Waals surface area (Å²) in [5.41, 5.74) is 1.99. The first-order valence-corrected chi connectivity index (χ1v) is 7.70. The van der Waals surface area contributed by atoms with Gasteiger partial charge < -0.3 is 15.0 Å². The second-order valence-corrected chi connectivity index (χ2v) is 5.33. The normalized spacial score (nSPS) is 13.7. The first-order chi connectivity index (χ1) is 11.8. The van der Waals surface area contributed by atoms with Crippen molar-refractivity contribution in [1.82, 2.24) is 15.1 Å². The molecule has 8 heteroatoms.